The van der Waals surface area contributed by atoms with E-state index in [1.165, 1.54) is 34.8 Å². The summed E-state index contributed by atoms with van der Waals surface area (Å²) in [6.07, 6.45) is 2.64. The quantitative estimate of drug-likeness (QED) is 0.478. The van der Waals surface area contributed by atoms with Gasteiger partial charge in [-0.3, -0.25) is 4.90 Å². The molecule has 0 rings (SSSR count). The van der Waals surface area contributed by atoms with Crippen molar-refractivity contribution in [2.75, 3.05) is 21.9 Å². The first-order valence-electron chi connectivity index (χ1n) is 4.89. The van der Waals surface area contributed by atoms with E-state index in [1.807, 2.05) is 0 Å². The number of alkyl halides is 2. The highest BCUT2D eigenvalue weighted by molar-refractivity contribution is 14.1. The molecule has 0 heterocycles. The van der Waals surface area contributed by atoms with Crippen molar-refractivity contribution in [1.29, 1.82) is 0 Å². The Bertz CT molecular complexity index is 113. The Morgan fingerprint density at radius 3 is 1.54 bits per heavy atom. The molecule has 0 radical (unpaired) electrons. The van der Waals surface area contributed by atoms with Crippen molar-refractivity contribution >= 4 is 45.2 Å². The lowest BCUT2D eigenvalue weighted by Crippen LogP contribution is -2.42. The average molecular weight is 409 g/mol. The minimum absolute atomic E-state index is 0.345. The highest BCUT2D eigenvalue weighted by Crippen LogP contribution is 2.14. The van der Waals surface area contributed by atoms with Gasteiger partial charge < -0.3 is 0 Å². The van der Waals surface area contributed by atoms with E-state index in [1.54, 1.807) is 0 Å². The summed E-state index contributed by atoms with van der Waals surface area (Å²) in [6.45, 7) is 9.44. The Hall–Kier alpha value is 1.42. The Morgan fingerprint density at radius 2 is 1.31 bits per heavy atom. The van der Waals surface area contributed by atoms with Crippen molar-refractivity contribution in [2.24, 2.45) is 0 Å². The van der Waals surface area contributed by atoms with Gasteiger partial charge in [0.2, 0.25) is 0 Å². The topological polar surface area (TPSA) is 3.24 Å². The molecule has 0 saturated carbocycles. The van der Waals surface area contributed by atoms with Gasteiger partial charge in [-0.2, -0.15) is 0 Å². The third kappa shape index (κ3) is 7.36. The lowest BCUT2D eigenvalue weighted by molar-refractivity contribution is 0.138. The molecule has 0 aliphatic carbocycles. The van der Waals surface area contributed by atoms with Gasteiger partial charge in [0.25, 0.3) is 0 Å². The third-order valence-corrected chi connectivity index (χ3v) is 3.60. The van der Waals surface area contributed by atoms with Gasteiger partial charge >= 0.3 is 0 Å². The number of hydrogen-bond donors (Lipinski definition) is 0. The molecule has 0 spiro atoms. The van der Waals surface area contributed by atoms with Crippen LogP contribution < -0.4 is 0 Å². The van der Waals surface area contributed by atoms with Gasteiger partial charge in [0, 0.05) is 14.4 Å². The van der Waals surface area contributed by atoms with Crippen molar-refractivity contribution in [2.45, 2.75) is 39.2 Å². The van der Waals surface area contributed by atoms with Crippen LogP contribution in [0.1, 0.15) is 33.6 Å². The van der Waals surface area contributed by atoms with E-state index in [9.17, 15) is 0 Å². The monoisotopic (exact) mass is 409 g/mol. The fourth-order valence-corrected chi connectivity index (χ4v) is 1.97. The molecule has 0 aromatic carbocycles. The van der Waals surface area contributed by atoms with Gasteiger partial charge in [0.05, 0.1) is 0 Å². The minimum atomic E-state index is 0.345. The third-order valence-electron chi connectivity index (χ3n) is 2.07. The van der Waals surface area contributed by atoms with E-state index in [4.69, 9.17) is 0 Å². The summed E-state index contributed by atoms with van der Waals surface area (Å²) in [4.78, 5) is 2.60. The fourth-order valence-electron chi connectivity index (χ4n) is 1.28. The summed E-state index contributed by atoms with van der Waals surface area (Å²) in [5.41, 5.74) is 0.345. The van der Waals surface area contributed by atoms with Crippen LogP contribution in [0.15, 0.2) is 0 Å². The predicted octanol–water partition coefficient (Wildman–Crippen LogP) is 3.74. The standard InChI is InChI=1S/C10H21I2N/c1-10(2,3)13(8-4-6-11)9-5-7-12/h4-9H2,1-3H3. The lowest BCUT2D eigenvalue weighted by atomic mass is 10.1. The van der Waals surface area contributed by atoms with Crippen LogP contribution in [0.4, 0.5) is 0 Å². The SMILES string of the molecule is CC(C)(C)N(CCCI)CCCI. The molecule has 0 atom stereocenters. The van der Waals surface area contributed by atoms with Crippen LogP contribution in [-0.4, -0.2) is 32.4 Å². The molecular weight excluding hydrogens is 388 g/mol. The lowest BCUT2D eigenvalue weighted by Gasteiger charge is -2.35. The molecule has 13 heavy (non-hydrogen) atoms. The van der Waals surface area contributed by atoms with Crippen LogP contribution in [0.25, 0.3) is 0 Å². The van der Waals surface area contributed by atoms with E-state index in [2.05, 4.69) is 70.9 Å². The van der Waals surface area contributed by atoms with Gasteiger partial charge in [-0.15, -0.1) is 0 Å². The fraction of sp³-hybridized carbons (Fsp3) is 1.00. The van der Waals surface area contributed by atoms with Crippen LogP contribution in [0.5, 0.6) is 0 Å². The number of rotatable bonds is 6. The second kappa shape index (κ2) is 7.68. The van der Waals surface area contributed by atoms with Crippen molar-refractivity contribution in [1.82, 2.24) is 4.90 Å². The van der Waals surface area contributed by atoms with Crippen LogP contribution in [-0.2, 0) is 0 Å². The second-order valence-electron chi connectivity index (χ2n) is 4.24. The van der Waals surface area contributed by atoms with Gasteiger partial charge in [0.15, 0.2) is 0 Å². The van der Waals surface area contributed by atoms with E-state index < -0.39 is 0 Å². The Kier molecular flexibility index (Phi) is 8.52. The summed E-state index contributed by atoms with van der Waals surface area (Å²) < 4.78 is 2.54. The van der Waals surface area contributed by atoms with E-state index in [-0.39, 0.29) is 0 Å². The second-order valence-corrected chi connectivity index (χ2v) is 6.40. The molecule has 0 aliphatic rings. The molecule has 80 valence electrons. The first kappa shape index (κ1) is 14.4. The van der Waals surface area contributed by atoms with Crippen molar-refractivity contribution in [3.63, 3.8) is 0 Å². The maximum Gasteiger partial charge on any atom is 0.0125 e. The van der Waals surface area contributed by atoms with Crippen LogP contribution >= 0.6 is 45.2 Å². The number of halogens is 2. The van der Waals surface area contributed by atoms with Crippen molar-refractivity contribution in [3.8, 4) is 0 Å². The molecule has 0 N–H and O–H groups in total. The Morgan fingerprint density at radius 1 is 0.923 bits per heavy atom. The molecule has 0 aromatic rings. The number of nitrogens with zero attached hydrogens (tertiary/aromatic N) is 1. The molecule has 1 nitrogen and oxygen atoms in total. The highest BCUT2D eigenvalue weighted by atomic mass is 127. The van der Waals surface area contributed by atoms with Crippen LogP contribution in [0.2, 0.25) is 0 Å². The summed E-state index contributed by atoms with van der Waals surface area (Å²) in [5, 5.41) is 0. The summed E-state index contributed by atoms with van der Waals surface area (Å²) in [7, 11) is 0. The minimum Gasteiger partial charge on any atom is -0.298 e. The maximum atomic E-state index is 2.60. The predicted molar refractivity (Wildman–Crippen MR) is 78.3 cm³/mol. The maximum absolute atomic E-state index is 2.60. The summed E-state index contributed by atoms with van der Waals surface area (Å²) in [5.74, 6) is 0. The molecule has 0 bridgehead atoms. The molecule has 0 aliphatic heterocycles. The van der Waals surface area contributed by atoms with E-state index in [0.717, 1.165) is 0 Å². The molecule has 0 aromatic heterocycles. The van der Waals surface area contributed by atoms with E-state index >= 15 is 0 Å². The largest absolute Gasteiger partial charge is 0.298 e. The summed E-state index contributed by atoms with van der Waals surface area (Å²) >= 11 is 4.92. The van der Waals surface area contributed by atoms with E-state index in [0.29, 0.717) is 5.54 Å². The molecule has 0 amide bonds. The molecule has 0 fully saturated rings. The zero-order chi connectivity index (χ0) is 10.3. The van der Waals surface area contributed by atoms with Crippen molar-refractivity contribution < 1.29 is 0 Å². The number of hydrogen-bond acceptors (Lipinski definition) is 1. The molecular formula is C10H21I2N. The zero-order valence-corrected chi connectivity index (χ0v) is 13.3. The van der Waals surface area contributed by atoms with Gasteiger partial charge in [-0.1, -0.05) is 45.2 Å². The molecule has 0 saturated heterocycles. The Labute approximate surface area is 110 Å². The molecule has 0 unspecified atom stereocenters. The van der Waals surface area contributed by atoms with Crippen LogP contribution in [0, 0.1) is 0 Å². The average Bonchev–Trinajstić information content (AvgIpc) is 2.02. The van der Waals surface area contributed by atoms with Crippen LogP contribution in [0.3, 0.4) is 0 Å². The Balaban J connectivity index is 3.88. The van der Waals surface area contributed by atoms with Gasteiger partial charge in [-0.05, 0) is 46.7 Å². The van der Waals surface area contributed by atoms with Crippen molar-refractivity contribution in [3.05, 3.63) is 0 Å². The summed E-state index contributed by atoms with van der Waals surface area (Å²) in [6, 6.07) is 0. The highest BCUT2D eigenvalue weighted by Gasteiger charge is 2.19. The first-order valence-corrected chi connectivity index (χ1v) is 7.94. The van der Waals surface area contributed by atoms with Gasteiger partial charge in [-0.25, -0.2) is 0 Å². The first-order chi connectivity index (χ1) is 6.02. The normalized spacial score (nSPS) is 12.5. The smallest absolute Gasteiger partial charge is 0.0125 e. The zero-order valence-electron chi connectivity index (χ0n) is 8.95. The van der Waals surface area contributed by atoms with Gasteiger partial charge in [0.1, 0.15) is 0 Å². The molecule has 3 heteroatoms.